The Kier molecular flexibility index (Phi) is 3.39. The SMILES string of the molecule is Cc1noc(C2CN(S(=O)(=O)c3ccc(Br)cc3)C2)n1. The first-order chi connectivity index (χ1) is 9.46. The maximum Gasteiger partial charge on any atom is 0.243 e. The number of hydrogen-bond donors (Lipinski definition) is 0. The number of hydrogen-bond acceptors (Lipinski definition) is 5. The third-order valence-corrected chi connectivity index (χ3v) is 5.57. The minimum Gasteiger partial charge on any atom is -0.339 e. The van der Waals surface area contributed by atoms with Crippen molar-refractivity contribution in [3.05, 3.63) is 40.5 Å². The molecule has 6 nitrogen and oxygen atoms in total. The van der Waals surface area contributed by atoms with Crippen LogP contribution in [-0.4, -0.2) is 36.0 Å². The smallest absolute Gasteiger partial charge is 0.243 e. The highest BCUT2D eigenvalue weighted by Crippen LogP contribution is 2.31. The first kappa shape index (κ1) is 13.7. The van der Waals surface area contributed by atoms with Gasteiger partial charge in [0.05, 0.1) is 10.8 Å². The maximum absolute atomic E-state index is 12.4. The monoisotopic (exact) mass is 357 g/mol. The second kappa shape index (κ2) is 4.94. The summed E-state index contributed by atoms with van der Waals surface area (Å²) in [5.74, 6) is 1.06. The lowest BCUT2D eigenvalue weighted by Crippen LogP contribution is -2.48. The molecule has 3 rings (SSSR count). The molecule has 0 N–H and O–H groups in total. The summed E-state index contributed by atoms with van der Waals surface area (Å²) >= 11 is 3.29. The molecule has 1 aliphatic rings. The molecule has 0 spiro atoms. The third-order valence-electron chi connectivity index (χ3n) is 3.19. The molecule has 0 radical (unpaired) electrons. The molecule has 106 valence electrons. The molecular formula is C12H12BrN3O3S. The van der Waals surface area contributed by atoms with Gasteiger partial charge in [-0.25, -0.2) is 8.42 Å². The van der Waals surface area contributed by atoms with Gasteiger partial charge in [-0.3, -0.25) is 0 Å². The van der Waals surface area contributed by atoms with Crippen LogP contribution in [0.25, 0.3) is 0 Å². The highest BCUT2D eigenvalue weighted by molar-refractivity contribution is 9.10. The number of aromatic nitrogens is 2. The Morgan fingerprint density at radius 3 is 2.50 bits per heavy atom. The summed E-state index contributed by atoms with van der Waals surface area (Å²) < 4.78 is 32.0. The standard InChI is InChI=1S/C12H12BrN3O3S/c1-8-14-12(19-15-8)9-6-16(7-9)20(17,18)11-4-2-10(13)3-5-11/h2-5,9H,6-7H2,1H3. The molecule has 0 unspecified atom stereocenters. The molecule has 1 fully saturated rings. The second-order valence-electron chi connectivity index (χ2n) is 4.65. The zero-order chi connectivity index (χ0) is 14.3. The summed E-state index contributed by atoms with van der Waals surface area (Å²) in [4.78, 5) is 4.42. The van der Waals surface area contributed by atoms with Crippen molar-refractivity contribution < 1.29 is 12.9 Å². The van der Waals surface area contributed by atoms with Crippen LogP contribution >= 0.6 is 15.9 Å². The number of benzene rings is 1. The van der Waals surface area contributed by atoms with Crippen molar-refractivity contribution in [2.24, 2.45) is 0 Å². The van der Waals surface area contributed by atoms with Crippen LogP contribution in [0.1, 0.15) is 17.6 Å². The topological polar surface area (TPSA) is 76.3 Å². The Balaban J connectivity index is 1.74. The fourth-order valence-corrected chi connectivity index (χ4v) is 3.82. The van der Waals surface area contributed by atoms with E-state index in [0.717, 1.165) is 4.47 Å². The van der Waals surface area contributed by atoms with Crippen LogP contribution in [0.5, 0.6) is 0 Å². The molecular weight excluding hydrogens is 346 g/mol. The van der Waals surface area contributed by atoms with Crippen molar-refractivity contribution in [2.75, 3.05) is 13.1 Å². The molecule has 1 aromatic carbocycles. The van der Waals surface area contributed by atoms with E-state index >= 15 is 0 Å². The lowest BCUT2D eigenvalue weighted by molar-refractivity contribution is 0.216. The average molecular weight is 358 g/mol. The maximum atomic E-state index is 12.4. The van der Waals surface area contributed by atoms with Crippen molar-refractivity contribution in [2.45, 2.75) is 17.7 Å². The molecule has 0 aliphatic carbocycles. The first-order valence-electron chi connectivity index (χ1n) is 6.03. The van der Waals surface area contributed by atoms with E-state index in [9.17, 15) is 8.42 Å². The highest BCUT2D eigenvalue weighted by atomic mass is 79.9. The fourth-order valence-electron chi connectivity index (χ4n) is 2.03. The Morgan fingerprint density at radius 1 is 1.30 bits per heavy atom. The summed E-state index contributed by atoms with van der Waals surface area (Å²) in [6, 6.07) is 6.60. The summed E-state index contributed by atoms with van der Waals surface area (Å²) in [5.41, 5.74) is 0. The average Bonchev–Trinajstić information content (AvgIpc) is 2.74. The minimum absolute atomic E-state index is 0.0126. The van der Waals surface area contributed by atoms with Crippen molar-refractivity contribution in [1.82, 2.24) is 14.4 Å². The van der Waals surface area contributed by atoms with Gasteiger partial charge in [0.25, 0.3) is 0 Å². The van der Waals surface area contributed by atoms with E-state index in [1.54, 1.807) is 31.2 Å². The highest BCUT2D eigenvalue weighted by Gasteiger charge is 2.40. The van der Waals surface area contributed by atoms with Crippen LogP contribution in [0.3, 0.4) is 0 Å². The van der Waals surface area contributed by atoms with E-state index in [1.807, 2.05) is 0 Å². The van der Waals surface area contributed by atoms with Gasteiger partial charge in [-0.2, -0.15) is 9.29 Å². The van der Waals surface area contributed by atoms with Crippen LogP contribution in [0.15, 0.2) is 38.2 Å². The summed E-state index contributed by atoms with van der Waals surface area (Å²) in [6.07, 6.45) is 0. The predicted molar refractivity (Wildman–Crippen MR) is 74.7 cm³/mol. The molecule has 2 aromatic rings. The van der Waals surface area contributed by atoms with Gasteiger partial charge in [0.1, 0.15) is 0 Å². The molecule has 2 heterocycles. The van der Waals surface area contributed by atoms with Gasteiger partial charge in [0.2, 0.25) is 15.9 Å². The number of aryl methyl sites for hydroxylation is 1. The Morgan fingerprint density at radius 2 is 1.95 bits per heavy atom. The van der Waals surface area contributed by atoms with Crippen LogP contribution < -0.4 is 0 Å². The minimum atomic E-state index is -3.43. The van der Waals surface area contributed by atoms with E-state index in [0.29, 0.717) is 29.7 Å². The molecule has 1 aliphatic heterocycles. The molecule has 1 aromatic heterocycles. The molecule has 0 bridgehead atoms. The largest absolute Gasteiger partial charge is 0.339 e. The van der Waals surface area contributed by atoms with Crippen molar-refractivity contribution in [3.63, 3.8) is 0 Å². The van der Waals surface area contributed by atoms with E-state index in [-0.39, 0.29) is 5.92 Å². The van der Waals surface area contributed by atoms with E-state index in [1.165, 1.54) is 4.31 Å². The van der Waals surface area contributed by atoms with E-state index in [2.05, 4.69) is 26.1 Å². The molecule has 8 heteroatoms. The van der Waals surface area contributed by atoms with Gasteiger partial charge in [-0.1, -0.05) is 21.1 Å². The molecule has 0 saturated carbocycles. The third kappa shape index (κ3) is 2.38. The molecule has 1 saturated heterocycles. The van der Waals surface area contributed by atoms with Crippen molar-refractivity contribution >= 4 is 26.0 Å². The number of halogens is 1. The quantitative estimate of drug-likeness (QED) is 0.838. The van der Waals surface area contributed by atoms with Gasteiger partial charge >= 0.3 is 0 Å². The van der Waals surface area contributed by atoms with Gasteiger partial charge in [0, 0.05) is 17.6 Å². The Hall–Kier alpha value is -1.25. The van der Waals surface area contributed by atoms with Gasteiger partial charge in [-0.05, 0) is 31.2 Å². The van der Waals surface area contributed by atoms with Gasteiger partial charge in [0.15, 0.2) is 5.82 Å². The fraction of sp³-hybridized carbons (Fsp3) is 0.333. The van der Waals surface area contributed by atoms with Crippen LogP contribution in [0, 0.1) is 6.92 Å². The zero-order valence-corrected chi connectivity index (χ0v) is 13.1. The van der Waals surface area contributed by atoms with Gasteiger partial charge in [-0.15, -0.1) is 0 Å². The molecule has 0 amide bonds. The van der Waals surface area contributed by atoms with E-state index < -0.39 is 10.0 Å². The number of nitrogens with zero attached hydrogens (tertiary/aromatic N) is 3. The van der Waals surface area contributed by atoms with E-state index in [4.69, 9.17) is 4.52 Å². The Bertz CT molecular complexity index is 721. The Labute approximate surface area is 125 Å². The van der Waals surface area contributed by atoms with Crippen LogP contribution in [0.4, 0.5) is 0 Å². The second-order valence-corrected chi connectivity index (χ2v) is 7.51. The normalized spacial score (nSPS) is 17.1. The lowest BCUT2D eigenvalue weighted by Gasteiger charge is -2.35. The summed E-state index contributed by atoms with van der Waals surface area (Å²) in [6.45, 7) is 2.49. The summed E-state index contributed by atoms with van der Waals surface area (Å²) in [5, 5.41) is 3.72. The number of sulfonamides is 1. The predicted octanol–water partition coefficient (Wildman–Crippen LogP) is 1.93. The van der Waals surface area contributed by atoms with Crippen LogP contribution in [0.2, 0.25) is 0 Å². The number of rotatable bonds is 3. The first-order valence-corrected chi connectivity index (χ1v) is 8.26. The van der Waals surface area contributed by atoms with Crippen molar-refractivity contribution in [1.29, 1.82) is 0 Å². The molecule has 0 atom stereocenters. The molecule has 20 heavy (non-hydrogen) atoms. The van der Waals surface area contributed by atoms with Gasteiger partial charge < -0.3 is 4.52 Å². The lowest BCUT2D eigenvalue weighted by atomic mass is 10.0. The summed E-state index contributed by atoms with van der Waals surface area (Å²) in [7, 11) is -3.43. The zero-order valence-electron chi connectivity index (χ0n) is 10.7. The van der Waals surface area contributed by atoms with Crippen LogP contribution in [-0.2, 0) is 10.0 Å². The van der Waals surface area contributed by atoms with Crippen molar-refractivity contribution in [3.8, 4) is 0 Å².